The Labute approximate surface area is 167 Å². The lowest BCUT2D eigenvalue weighted by Crippen LogP contribution is -2.14. The van der Waals surface area contributed by atoms with Gasteiger partial charge in [0.2, 0.25) is 11.8 Å². The van der Waals surface area contributed by atoms with Gasteiger partial charge in [-0.15, -0.1) is 11.3 Å². The van der Waals surface area contributed by atoms with Gasteiger partial charge in [-0.05, 0) is 48.7 Å². The molecule has 4 rings (SSSR count). The average Bonchev–Trinajstić information content (AvgIpc) is 3.27. The summed E-state index contributed by atoms with van der Waals surface area (Å²) in [6.45, 7) is 4.00. The van der Waals surface area contributed by atoms with Crippen molar-refractivity contribution in [2.75, 3.05) is 10.6 Å². The second-order valence-corrected chi connectivity index (χ2v) is 7.86. The summed E-state index contributed by atoms with van der Waals surface area (Å²) >= 11 is 1.47. The van der Waals surface area contributed by atoms with Crippen LogP contribution in [0.3, 0.4) is 0 Å². The van der Waals surface area contributed by atoms with Gasteiger partial charge in [0, 0.05) is 22.3 Å². The molecule has 0 unspecified atom stereocenters. The van der Waals surface area contributed by atoms with Crippen LogP contribution in [0.2, 0.25) is 0 Å². The molecule has 0 saturated heterocycles. The van der Waals surface area contributed by atoms with Crippen molar-refractivity contribution in [2.45, 2.75) is 32.6 Å². The molecule has 2 N–H and O–H groups in total. The Kier molecular flexibility index (Phi) is 4.96. The van der Waals surface area contributed by atoms with Crippen LogP contribution in [0.15, 0.2) is 47.8 Å². The van der Waals surface area contributed by atoms with Gasteiger partial charge in [0.05, 0.1) is 18.0 Å². The SMILES string of the molecule is CCc1ccc(NC(=O)Cc2nc(-c3ccc4c(c3)[C@@H](C)C(=O)N4)cs2)cc1. The number of fused-ring (bicyclic) bond motifs is 1. The molecular formula is C22H21N3O2S. The van der Waals surface area contributed by atoms with Crippen molar-refractivity contribution in [1.82, 2.24) is 4.98 Å². The number of amides is 2. The molecule has 3 aromatic rings. The van der Waals surface area contributed by atoms with Gasteiger partial charge >= 0.3 is 0 Å². The summed E-state index contributed by atoms with van der Waals surface area (Å²) in [6, 6.07) is 13.8. The molecule has 1 atom stereocenters. The van der Waals surface area contributed by atoms with Crippen LogP contribution in [0.25, 0.3) is 11.3 Å². The number of nitrogens with one attached hydrogen (secondary N) is 2. The molecule has 0 bridgehead atoms. The smallest absolute Gasteiger partial charge is 0.231 e. The highest BCUT2D eigenvalue weighted by Gasteiger charge is 2.26. The molecule has 1 aliphatic rings. The molecule has 142 valence electrons. The molecule has 2 heterocycles. The van der Waals surface area contributed by atoms with E-state index in [2.05, 4.69) is 22.5 Å². The Morgan fingerprint density at radius 2 is 2.00 bits per heavy atom. The zero-order valence-corrected chi connectivity index (χ0v) is 16.6. The lowest BCUT2D eigenvalue weighted by molar-refractivity contribution is -0.117. The van der Waals surface area contributed by atoms with Gasteiger partial charge < -0.3 is 10.6 Å². The maximum atomic E-state index is 12.3. The van der Waals surface area contributed by atoms with E-state index in [0.717, 1.165) is 39.6 Å². The molecule has 1 aliphatic heterocycles. The number of anilines is 2. The first-order chi connectivity index (χ1) is 13.5. The number of rotatable bonds is 5. The Morgan fingerprint density at radius 1 is 1.21 bits per heavy atom. The van der Waals surface area contributed by atoms with E-state index >= 15 is 0 Å². The van der Waals surface area contributed by atoms with Gasteiger partial charge in [-0.3, -0.25) is 9.59 Å². The highest BCUT2D eigenvalue weighted by atomic mass is 32.1. The van der Waals surface area contributed by atoms with Crippen molar-refractivity contribution >= 4 is 34.5 Å². The molecule has 28 heavy (non-hydrogen) atoms. The zero-order chi connectivity index (χ0) is 19.7. The minimum Gasteiger partial charge on any atom is -0.326 e. The molecule has 0 saturated carbocycles. The van der Waals surface area contributed by atoms with Crippen LogP contribution in [-0.4, -0.2) is 16.8 Å². The normalized spacial score (nSPS) is 15.2. The van der Waals surface area contributed by atoms with Crippen LogP contribution in [0.4, 0.5) is 11.4 Å². The summed E-state index contributed by atoms with van der Waals surface area (Å²) < 4.78 is 0. The van der Waals surface area contributed by atoms with Crippen LogP contribution >= 0.6 is 11.3 Å². The quantitative estimate of drug-likeness (QED) is 0.667. The fourth-order valence-corrected chi connectivity index (χ4v) is 4.07. The van der Waals surface area contributed by atoms with Gasteiger partial charge in [0.25, 0.3) is 0 Å². The molecule has 6 heteroatoms. The van der Waals surface area contributed by atoms with E-state index in [1.807, 2.05) is 54.8 Å². The monoisotopic (exact) mass is 391 g/mol. The van der Waals surface area contributed by atoms with Crippen molar-refractivity contribution in [2.24, 2.45) is 0 Å². The van der Waals surface area contributed by atoms with Gasteiger partial charge in [-0.2, -0.15) is 0 Å². The summed E-state index contributed by atoms with van der Waals surface area (Å²) in [4.78, 5) is 28.8. The first-order valence-corrected chi connectivity index (χ1v) is 10.2. The van der Waals surface area contributed by atoms with Crippen molar-refractivity contribution in [3.63, 3.8) is 0 Å². The summed E-state index contributed by atoms with van der Waals surface area (Å²) in [7, 11) is 0. The maximum Gasteiger partial charge on any atom is 0.231 e. The number of carbonyl (C=O) groups excluding carboxylic acids is 2. The number of carbonyl (C=O) groups is 2. The number of aromatic nitrogens is 1. The molecule has 2 aromatic carbocycles. The second kappa shape index (κ2) is 7.56. The van der Waals surface area contributed by atoms with Gasteiger partial charge in [0.15, 0.2) is 0 Å². The van der Waals surface area contributed by atoms with Crippen molar-refractivity contribution in [1.29, 1.82) is 0 Å². The van der Waals surface area contributed by atoms with E-state index < -0.39 is 0 Å². The van der Waals surface area contributed by atoms with Crippen molar-refractivity contribution < 1.29 is 9.59 Å². The van der Waals surface area contributed by atoms with E-state index in [0.29, 0.717) is 0 Å². The molecule has 2 amide bonds. The fraction of sp³-hybridized carbons (Fsp3) is 0.227. The standard InChI is InChI=1S/C22H21N3O2S/c1-3-14-4-7-16(8-5-14)23-20(26)11-21-24-19(12-28-21)15-6-9-18-17(10-15)13(2)22(27)25-18/h4-10,12-13H,3,11H2,1-2H3,(H,23,26)(H,25,27)/t13-/m1/s1. The average molecular weight is 391 g/mol. The molecular weight excluding hydrogens is 370 g/mol. The molecule has 0 aliphatic carbocycles. The van der Waals surface area contributed by atoms with Gasteiger partial charge in [0.1, 0.15) is 5.01 Å². The summed E-state index contributed by atoms with van der Waals surface area (Å²) in [5.74, 6) is -0.213. The van der Waals surface area contributed by atoms with Gasteiger partial charge in [-0.25, -0.2) is 4.98 Å². The Hall–Kier alpha value is -2.99. The molecule has 0 fully saturated rings. The number of hydrogen-bond acceptors (Lipinski definition) is 4. The molecule has 0 radical (unpaired) electrons. The van der Waals surface area contributed by atoms with Crippen molar-refractivity contribution in [3.05, 3.63) is 64.0 Å². The lowest BCUT2D eigenvalue weighted by atomic mass is 10.00. The zero-order valence-electron chi connectivity index (χ0n) is 15.8. The Morgan fingerprint density at radius 3 is 2.75 bits per heavy atom. The Balaban J connectivity index is 1.44. The third-order valence-corrected chi connectivity index (χ3v) is 5.82. The maximum absolute atomic E-state index is 12.3. The second-order valence-electron chi connectivity index (χ2n) is 6.91. The highest BCUT2D eigenvalue weighted by molar-refractivity contribution is 7.10. The van der Waals surface area contributed by atoms with Crippen LogP contribution < -0.4 is 10.6 Å². The third kappa shape index (κ3) is 3.68. The van der Waals surface area contributed by atoms with Gasteiger partial charge in [-0.1, -0.05) is 25.1 Å². The van der Waals surface area contributed by atoms with Crippen LogP contribution in [-0.2, 0) is 22.4 Å². The first-order valence-electron chi connectivity index (χ1n) is 9.32. The van der Waals surface area contributed by atoms with E-state index in [4.69, 9.17) is 0 Å². The van der Waals surface area contributed by atoms with E-state index in [-0.39, 0.29) is 24.2 Å². The minimum absolute atomic E-state index is 0.0229. The summed E-state index contributed by atoms with van der Waals surface area (Å²) in [6.07, 6.45) is 1.21. The number of thiazole rings is 1. The number of aryl methyl sites for hydroxylation is 1. The predicted molar refractivity (Wildman–Crippen MR) is 113 cm³/mol. The topological polar surface area (TPSA) is 71.1 Å². The Bertz CT molecular complexity index is 1040. The largest absolute Gasteiger partial charge is 0.326 e. The minimum atomic E-state index is -0.155. The van der Waals surface area contributed by atoms with Crippen LogP contribution in [0.5, 0.6) is 0 Å². The summed E-state index contributed by atoms with van der Waals surface area (Å²) in [5.41, 5.74) is 5.68. The van der Waals surface area contributed by atoms with Crippen LogP contribution in [0, 0.1) is 0 Å². The fourth-order valence-electron chi connectivity index (χ4n) is 3.27. The van der Waals surface area contributed by atoms with Crippen molar-refractivity contribution in [3.8, 4) is 11.3 Å². The molecule has 1 aromatic heterocycles. The van der Waals surface area contributed by atoms with E-state index in [1.165, 1.54) is 16.9 Å². The molecule has 0 spiro atoms. The van der Waals surface area contributed by atoms with Crippen LogP contribution in [0.1, 0.15) is 35.9 Å². The summed E-state index contributed by atoms with van der Waals surface area (Å²) in [5, 5.41) is 8.51. The first kappa shape index (κ1) is 18.4. The highest BCUT2D eigenvalue weighted by Crippen LogP contribution is 2.35. The van der Waals surface area contributed by atoms with E-state index in [9.17, 15) is 9.59 Å². The predicted octanol–water partition coefficient (Wildman–Crippen LogP) is 4.61. The third-order valence-electron chi connectivity index (χ3n) is 4.97. The molecule has 5 nitrogen and oxygen atoms in total. The number of benzene rings is 2. The lowest BCUT2D eigenvalue weighted by Gasteiger charge is -2.05. The number of hydrogen-bond donors (Lipinski definition) is 2. The number of nitrogens with zero attached hydrogens (tertiary/aromatic N) is 1. The van der Waals surface area contributed by atoms with E-state index in [1.54, 1.807) is 0 Å².